The molecule has 3 aromatic heterocycles. The Balaban J connectivity index is 1.43. The van der Waals surface area contributed by atoms with Crippen LogP contribution in [0.4, 0.5) is 5.69 Å². The summed E-state index contributed by atoms with van der Waals surface area (Å²) in [5, 5.41) is 14.4. The highest BCUT2D eigenvalue weighted by Gasteiger charge is 2.27. The minimum Gasteiger partial charge on any atom is -0.397 e. The molecule has 1 aliphatic heterocycles. The lowest BCUT2D eigenvalue weighted by Gasteiger charge is -2.31. The van der Waals surface area contributed by atoms with Crippen LogP contribution in [0.3, 0.4) is 0 Å². The second kappa shape index (κ2) is 10.6. The fourth-order valence-corrected chi connectivity index (χ4v) is 3.87. The van der Waals surface area contributed by atoms with Crippen LogP contribution in [0.15, 0.2) is 67.7 Å². The largest absolute Gasteiger partial charge is 0.397 e. The zero-order valence-electron chi connectivity index (χ0n) is 19.1. The molecule has 0 spiro atoms. The van der Waals surface area contributed by atoms with Crippen LogP contribution in [0.1, 0.15) is 18.5 Å². The Morgan fingerprint density at radius 1 is 1.23 bits per heavy atom. The highest BCUT2D eigenvalue weighted by Crippen LogP contribution is 2.22. The van der Waals surface area contributed by atoms with Crippen LogP contribution < -0.4 is 11.1 Å². The van der Waals surface area contributed by atoms with Crippen molar-refractivity contribution in [2.45, 2.75) is 12.8 Å². The summed E-state index contributed by atoms with van der Waals surface area (Å²) in [4.78, 5) is 35.2. The number of hydrogen-bond acceptors (Lipinski definition) is 7. The molecule has 1 aliphatic rings. The molecule has 4 N–H and O–H groups in total. The van der Waals surface area contributed by atoms with E-state index in [0.717, 1.165) is 24.6 Å². The van der Waals surface area contributed by atoms with Crippen LogP contribution in [0.5, 0.6) is 0 Å². The van der Waals surface area contributed by atoms with Gasteiger partial charge in [-0.15, -0.1) is 0 Å². The molecule has 0 radical (unpaired) electrons. The zero-order valence-corrected chi connectivity index (χ0v) is 19.1. The average Bonchev–Trinajstić information content (AvgIpc) is 3.39. The van der Waals surface area contributed by atoms with Crippen molar-refractivity contribution in [3.05, 3.63) is 73.3 Å². The Hall–Kier alpha value is -4.60. The van der Waals surface area contributed by atoms with Gasteiger partial charge < -0.3 is 21.4 Å². The third-order valence-corrected chi connectivity index (χ3v) is 5.72. The number of likely N-dealkylation sites (tertiary alicyclic amines) is 1. The number of allylic oxidation sites excluding steroid dienone is 1. The molecule has 0 unspecified atom stereocenters. The molecule has 0 aliphatic carbocycles. The van der Waals surface area contributed by atoms with Gasteiger partial charge in [0.2, 0.25) is 11.8 Å². The molecular formula is C25H26N8O2. The number of hydrogen-bond donors (Lipinski definition) is 3. The summed E-state index contributed by atoms with van der Waals surface area (Å²) in [6, 6.07) is 8.98. The van der Waals surface area contributed by atoms with Crippen molar-refractivity contribution in [2.75, 3.05) is 18.4 Å². The molecule has 4 heterocycles. The molecule has 1 fully saturated rings. The van der Waals surface area contributed by atoms with Crippen molar-refractivity contribution in [3.63, 3.8) is 0 Å². The van der Waals surface area contributed by atoms with Gasteiger partial charge in [-0.05, 0) is 49.3 Å². The Morgan fingerprint density at radius 2 is 2.09 bits per heavy atom. The summed E-state index contributed by atoms with van der Waals surface area (Å²) >= 11 is 0. The van der Waals surface area contributed by atoms with Crippen LogP contribution in [0.2, 0.25) is 0 Å². The summed E-state index contributed by atoms with van der Waals surface area (Å²) in [7, 11) is 0. The number of aromatic nitrogens is 4. The number of anilines is 1. The first-order valence-corrected chi connectivity index (χ1v) is 11.2. The van der Waals surface area contributed by atoms with Crippen LogP contribution >= 0.6 is 0 Å². The normalized spacial score (nSPS) is 15.9. The van der Waals surface area contributed by atoms with Gasteiger partial charge in [-0.3, -0.25) is 14.6 Å². The van der Waals surface area contributed by atoms with E-state index < -0.39 is 0 Å². The third-order valence-electron chi connectivity index (χ3n) is 5.72. The Kier molecular flexibility index (Phi) is 7.10. The van der Waals surface area contributed by atoms with Gasteiger partial charge in [0.05, 0.1) is 41.1 Å². The lowest BCUT2D eigenvalue weighted by Crippen LogP contribution is -2.43. The van der Waals surface area contributed by atoms with Crippen molar-refractivity contribution >= 4 is 29.4 Å². The maximum atomic E-state index is 12.7. The smallest absolute Gasteiger partial charge is 0.245 e. The summed E-state index contributed by atoms with van der Waals surface area (Å²) in [6.07, 6.45) is 10.5. The first-order valence-electron chi connectivity index (χ1n) is 11.2. The van der Waals surface area contributed by atoms with Gasteiger partial charge in [0.15, 0.2) is 5.82 Å². The molecule has 1 atom stereocenters. The summed E-state index contributed by atoms with van der Waals surface area (Å²) in [5.74, 6) is 0.0330. The van der Waals surface area contributed by atoms with Gasteiger partial charge >= 0.3 is 0 Å². The minimum atomic E-state index is -0.267. The van der Waals surface area contributed by atoms with Crippen molar-refractivity contribution in [2.24, 2.45) is 11.7 Å². The Morgan fingerprint density at radius 3 is 2.83 bits per heavy atom. The second-order valence-corrected chi connectivity index (χ2v) is 8.09. The zero-order chi connectivity index (χ0) is 24.8. The molecule has 35 heavy (non-hydrogen) atoms. The number of pyridine rings is 2. The number of amides is 2. The third kappa shape index (κ3) is 5.49. The van der Waals surface area contributed by atoms with E-state index in [0.29, 0.717) is 41.7 Å². The molecule has 3 aromatic rings. The SMILES string of the molecule is C=CC(=O)N1CCC[C@H](C(=O)Nc2ccc(-c3cnn(-c4cccc(/C(N)=C/C=N)n4)c3)nc2)C1. The monoisotopic (exact) mass is 470 g/mol. The van der Waals surface area contributed by atoms with Crippen LogP contribution in [0, 0.1) is 11.3 Å². The number of carbonyl (C=O) groups excluding carboxylic acids is 2. The molecule has 178 valence electrons. The van der Waals surface area contributed by atoms with Crippen molar-refractivity contribution in [1.29, 1.82) is 5.41 Å². The number of nitrogens with one attached hydrogen (secondary N) is 2. The highest BCUT2D eigenvalue weighted by molar-refractivity contribution is 5.94. The first kappa shape index (κ1) is 23.6. The maximum absolute atomic E-state index is 12.7. The molecule has 4 rings (SSSR count). The lowest BCUT2D eigenvalue weighted by atomic mass is 9.97. The predicted molar refractivity (Wildman–Crippen MR) is 134 cm³/mol. The second-order valence-electron chi connectivity index (χ2n) is 8.09. The summed E-state index contributed by atoms with van der Waals surface area (Å²) < 4.78 is 1.62. The van der Waals surface area contributed by atoms with E-state index in [1.165, 1.54) is 12.2 Å². The standard InChI is InChI=1S/C25H26N8O2/c1-2-24(34)32-12-4-5-17(15-32)25(35)30-19-8-9-21(28-14-19)18-13-29-33(16-18)23-7-3-6-22(31-23)20(27)10-11-26/h2-3,6-11,13-14,16-17,26H,1,4-5,12,15,27H2,(H,30,35)/b20-10-,26-11?/t17-/m0/s1. The van der Waals surface area contributed by atoms with Crippen LogP contribution in [0.25, 0.3) is 22.8 Å². The number of nitrogens with zero attached hydrogens (tertiary/aromatic N) is 5. The first-order chi connectivity index (χ1) is 17.0. The van der Waals surface area contributed by atoms with E-state index >= 15 is 0 Å². The number of nitrogens with two attached hydrogens (primary N) is 1. The van der Waals surface area contributed by atoms with Crippen LogP contribution in [-0.4, -0.2) is 55.8 Å². The molecule has 10 nitrogen and oxygen atoms in total. The van der Waals surface area contributed by atoms with Gasteiger partial charge in [-0.1, -0.05) is 12.6 Å². The quantitative estimate of drug-likeness (QED) is 0.358. The van der Waals surface area contributed by atoms with Crippen molar-refractivity contribution in [3.8, 4) is 17.1 Å². The van der Waals surface area contributed by atoms with Gasteiger partial charge in [0, 0.05) is 31.1 Å². The fourth-order valence-electron chi connectivity index (χ4n) is 3.87. The molecule has 0 saturated carbocycles. The maximum Gasteiger partial charge on any atom is 0.245 e. The Labute approximate surface area is 202 Å². The van der Waals surface area contributed by atoms with Gasteiger partial charge in [-0.2, -0.15) is 5.10 Å². The molecular weight excluding hydrogens is 444 g/mol. The summed E-state index contributed by atoms with van der Waals surface area (Å²) in [6.45, 7) is 4.55. The van der Waals surface area contributed by atoms with Crippen molar-refractivity contribution in [1.82, 2.24) is 24.6 Å². The highest BCUT2D eigenvalue weighted by atomic mass is 16.2. The molecule has 1 saturated heterocycles. The van der Waals surface area contributed by atoms with Crippen molar-refractivity contribution < 1.29 is 9.59 Å². The minimum absolute atomic E-state index is 0.128. The number of carbonyl (C=O) groups is 2. The van der Waals surface area contributed by atoms with E-state index in [4.69, 9.17) is 11.1 Å². The van der Waals surface area contributed by atoms with E-state index in [1.54, 1.807) is 52.4 Å². The van der Waals surface area contributed by atoms with E-state index in [2.05, 4.69) is 27.0 Å². The molecule has 10 heteroatoms. The van der Waals surface area contributed by atoms with E-state index in [9.17, 15) is 9.59 Å². The molecule has 0 bridgehead atoms. The van der Waals surface area contributed by atoms with Gasteiger partial charge in [-0.25, -0.2) is 9.67 Å². The Bertz CT molecular complexity index is 1280. The summed E-state index contributed by atoms with van der Waals surface area (Å²) in [5.41, 5.74) is 8.93. The van der Waals surface area contributed by atoms with Gasteiger partial charge in [0.25, 0.3) is 0 Å². The average molecular weight is 471 g/mol. The fraction of sp³-hybridized carbons (Fsp3) is 0.200. The predicted octanol–water partition coefficient (Wildman–Crippen LogP) is 2.64. The number of rotatable bonds is 7. The topological polar surface area (TPSA) is 143 Å². The molecule has 0 aromatic carbocycles. The lowest BCUT2D eigenvalue weighted by molar-refractivity contribution is -0.130. The van der Waals surface area contributed by atoms with Gasteiger partial charge in [0.1, 0.15) is 0 Å². The molecule has 2 amide bonds. The number of piperidine rings is 1. The van der Waals surface area contributed by atoms with Crippen LogP contribution in [-0.2, 0) is 9.59 Å². The van der Waals surface area contributed by atoms with E-state index in [-0.39, 0.29) is 17.7 Å². The van der Waals surface area contributed by atoms with E-state index in [1.807, 2.05) is 6.07 Å².